The molecule has 0 fully saturated rings. The van der Waals surface area contributed by atoms with Gasteiger partial charge in [-0.15, -0.1) is 0 Å². The van der Waals surface area contributed by atoms with Crippen molar-refractivity contribution < 1.29 is 4.57 Å². The highest BCUT2D eigenvalue weighted by atomic mass is 14.9. The van der Waals surface area contributed by atoms with Gasteiger partial charge in [-0.05, 0) is 28.8 Å². The molecule has 0 radical (unpaired) electrons. The minimum atomic E-state index is 0.662. The van der Waals surface area contributed by atoms with E-state index in [4.69, 9.17) is 5.73 Å². The van der Waals surface area contributed by atoms with E-state index in [0.717, 1.165) is 6.54 Å². The van der Waals surface area contributed by atoms with Crippen LogP contribution in [0.15, 0.2) is 60.9 Å². The number of fused-ring (bicyclic) bond motifs is 1. The van der Waals surface area contributed by atoms with E-state index >= 15 is 0 Å². The summed E-state index contributed by atoms with van der Waals surface area (Å²) in [7, 11) is 0. The lowest BCUT2D eigenvalue weighted by Gasteiger charge is -2.03. The zero-order valence-corrected chi connectivity index (χ0v) is 12.9. The van der Waals surface area contributed by atoms with Crippen molar-refractivity contribution in [2.75, 3.05) is 6.54 Å². The van der Waals surface area contributed by atoms with Gasteiger partial charge in [0.15, 0.2) is 18.9 Å². The second kappa shape index (κ2) is 6.54. The van der Waals surface area contributed by atoms with Crippen molar-refractivity contribution >= 4 is 22.9 Å². The van der Waals surface area contributed by atoms with Crippen molar-refractivity contribution in [2.45, 2.75) is 13.5 Å². The SMILES string of the molecule is Cc1c[n+](CCN)ccc1/C=C\c1cccc2ccccc12. The van der Waals surface area contributed by atoms with E-state index in [0.29, 0.717) is 6.54 Å². The zero-order chi connectivity index (χ0) is 15.4. The summed E-state index contributed by atoms with van der Waals surface area (Å²) in [5, 5.41) is 2.56. The number of aryl methyl sites for hydroxylation is 1. The van der Waals surface area contributed by atoms with Crippen LogP contribution in [0.2, 0.25) is 0 Å². The summed E-state index contributed by atoms with van der Waals surface area (Å²) in [4.78, 5) is 0. The molecular formula is C20H21N2+. The van der Waals surface area contributed by atoms with Gasteiger partial charge >= 0.3 is 0 Å². The monoisotopic (exact) mass is 289 g/mol. The minimum Gasteiger partial charge on any atom is -0.325 e. The van der Waals surface area contributed by atoms with Crippen LogP contribution in [0.1, 0.15) is 16.7 Å². The van der Waals surface area contributed by atoms with Gasteiger partial charge in [0, 0.05) is 11.6 Å². The molecule has 0 bridgehead atoms. The molecule has 0 aliphatic rings. The maximum atomic E-state index is 5.60. The number of hydrogen-bond acceptors (Lipinski definition) is 1. The third kappa shape index (κ3) is 3.07. The lowest BCUT2D eigenvalue weighted by atomic mass is 10.0. The molecule has 0 unspecified atom stereocenters. The first-order valence-electron chi connectivity index (χ1n) is 7.63. The molecule has 0 aliphatic carbocycles. The molecule has 2 aromatic carbocycles. The third-order valence-electron chi connectivity index (χ3n) is 3.91. The predicted molar refractivity (Wildman–Crippen MR) is 93.3 cm³/mol. The molecule has 2 heteroatoms. The van der Waals surface area contributed by atoms with Crippen molar-refractivity contribution in [1.29, 1.82) is 0 Å². The normalized spacial score (nSPS) is 11.4. The Balaban J connectivity index is 1.93. The van der Waals surface area contributed by atoms with Crippen molar-refractivity contribution in [3.8, 4) is 0 Å². The maximum absolute atomic E-state index is 5.60. The fraction of sp³-hybridized carbons (Fsp3) is 0.150. The molecule has 0 saturated heterocycles. The van der Waals surface area contributed by atoms with E-state index in [1.807, 2.05) is 0 Å². The first-order valence-corrected chi connectivity index (χ1v) is 7.63. The molecule has 2 nitrogen and oxygen atoms in total. The number of nitrogens with zero attached hydrogens (tertiary/aromatic N) is 1. The summed E-state index contributed by atoms with van der Waals surface area (Å²) >= 11 is 0. The summed E-state index contributed by atoms with van der Waals surface area (Å²) in [6.07, 6.45) is 8.61. The molecule has 0 spiro atoms. The molecule has 22 heavy (non-hydrogen) atoms. The van der Waals surface area contributed by atoms with Gasteiger partial charge in [-0.1, -0.05) is 54.6 Å². The van der Waals surface area contributed by atoms with Crippen LogP contribution in [-0.2, 0) is 6.54 Å². The summed E-state index contributed by atoms with van der Waals surface area (Å²) in [5.74, 6) is 0. The molecule has 0 amide bonds. The van der Waals surface area contributed by atoms with Crippen LogP contribution in [0.3, 0.4) is 0 Å². The largest absolute Gasteiger partial charge is 0.325 e. The predicted octanol–water partition coefficient (Wildman–Crippen LogP) is 3.56. The Morgan fingerprint density at radius 1 is 0.955 bits per heavy atom. The number of hydrogen-bond donors (Lipinski definition) is 1. The lowest BCUT2D eigenvalue weighted by Crippen LogP contribution is -2.37. The average Bonchev–Trinajstić information content (AvgIpc) is 2.54. The van der Waals surface area contributed by atoms with Crippen LogP contribution in [0.5, 0.6) is 0 Å². The highest BCUT2D eigenvalue weighted by Gasteiger charge is 2.03. The van der Waals surface area contributed by atoms with Gasteiger partial charge in [0.2, 0.25) is 0 Å². The Morgan fingerprint density at radius 2 is 1.73 bits per heavy atom. The van der Waals surface area contributed by atoms with E-state index in [9.17, 15) is 0 Å². The fourth-order valence-electron chi connectivity index (χ4n) is 2.72. The Morgan fingerprint density at radius 3 is 2.55 bits per heavy atom. The molecule has 0 atom stereocenters. The van der Waals surface area contributed by atoms with Gasteiger partial charge in [0.1, 0.15) is 0 Å². The van der Waals surface area contributed by atoms with Crippen molar-refractivity contribution in [3.63, 3.8) is 0 Å². The topological polar surface area (TPSA) is 29.9 Å². The Bertz CT molecular complexity index is 814. The second-order valence-electron chi connectivity index (χ2n) is 5.51. The average molecular weight is 289 g/mol. The van der Waals surface area contributed by atoms with E-state index in [2.05, 4.69) is 84.6 Å². The molecule has 0 aliphatic heterocycles. The van der Waals surface area contributed by atoms with Crippen LogP contribution in [0.25, 0.3) is 22.9 Å². The van der Waals surface area contributed by atoms with Crippen LogP contribution in [0, 0.1) is 6.92 Å². The number of nitrogens with two attached hydrogens (primary N) is 1. The quantitative estimate of drug-likeness (QED) is 0.731. The first kappa shape index (κ1) is 14.5. The van der Waals surface area contributed by atoms with Gasteiger partial charge in [0.05, 0.1) is 6.54 Å². The second-order valence-corrected chi connectivity index (χ2v) is 5.51. The number of aromatic nitrogens is 1. The molecular weight excluding hydrogens is 268 g/mol. The van der Waals surface area contributed by atoms with E-state index in [-0.39, 0.29) is 0 Å². The maximum Gasteiger partial charge on any atom is 0.172 e. The summed E-state index contributed by atoms with van der Waals surface area (Å²) in [5.41, 5.74) is 9.34. The standard InChI is InChI=1S/C20H21N2/c1-16-15-22(14-12-21)13-11-17(16)9-10-19-7-4-6-18-5-2-3-8-20(18)19/h2-11,13,15H,12,14,21H2,1H3/q+1/b10-9-. The van der Waals surface area contributed by atoms with Gasteiger partial charge in [-0.2, -0.15) is 0 Å². The van der Waals surface area contributed by atoms with Gasteiger partial charge in [0.25, 0.3) is 0 Å². The number of benzene rings is 2. The summed E-state index contributed by atoms with van der Waals surface area (Å²) in [6, 6.07) is 17.0. The van der Waals surface area contributed by atoms with E-state index in [1.54, 1.807) is 0 Å². The van der Waals surface area contributed by atoms with Gasteiger partial charge < -0.3 is 5.73 Å². The molecule has 1 aromatic heterocycles. The van der Waals surface area contributed by atoms with Crippen LogP contribution >= 0.6 is 0 Å². The lowest BCUT2D eigenvalue weighted by molar-refractivity contribution is -0.694. The van der Waals surface area contributed by atoms with Crippen molar-refractivity contribution in [1.82, 2.24) is 0 Å². The molecule has 0 saturated carbocycles. The molecule has 3 aromatic rings. The van der Waals surface area contributed by atoms with Crippen LogP contribution in [0.4, 0.5) is 0 Å². The fourth-order valence-corrected chi connectivity index (χ4v) is 2.72. The Labute approximate surface area is 131 Å². The van der Waals surface area contributed by atoms with Gasteiger partial charge in [-0.3, -0.25) is 0 Å². The van der Waals surface area contributed by atoms with Gasteiger partial charge in [-0.25, -0.2) is 4.57 Å². The summed E-state index contributed by atoms with van der Waals surface area (Å²) in [6.45, 7) is 3.65. The molecule has 110 valence electrons. The van der Waals surface area contributed by atoms with Crippen molar-refractivity contribution in [3.05, 3.63) is 77.6 Å². The smallest absolute Gasteiger partial charge is 0.172 e. The Hall–Kier alpha value is -2.45. The first-order chi connectivity index (χ1) is 10.8. The Kier molecular flexibility index (Phi) is 4.31. The zero-order valence-electron chi connectivity index (χ0n) is 12.9. The highest BCUT2D eigenvalue weighted by Crippen LogP contribution is 2.21. The molecule has 1 heterocycles. The third-order valence-corrected chi connectivity index (χ3v) is 3.91. The minimum absolute atomic E-state index is 0.662. The van der Waals surface area contributed by atoms with Crippen molar-refractivity contribution in [2.24, 2.45) is 5.73 Å². The summed E-state index contributed by atoms with van der Waals surface area (Å²) < 4.78 is 2.13. The molecule has 2 N–H and O–H groups in total. The highest BCUT2D eigenvalue weighted by molar-refractivity contribution is 5.92. The number of pyridine rings is 1. The van der Waals surface area contributed by atoms with E-state index < -0.39 is 0 Å². The van der Waals surface area contributed by atoms with E-state index in [1.165, 1.54) is 27.5 Å². The molecule has 3 rings (SSSR count). The van der Waals surface area contributed by atoms with Crippen LogP contribution < -0.4 is 10.3 Å². The van der Waals surface area contributed by atoms with Crippen LogP contribution in [-0.4, -0.2) is 6.54 Å². The number of rotatable bonds is 4.